The minimum atomic E-state index is 0. The molecule has 6 heteroatoms. The van der Waals surface area contributed by atoms with Crippen LogP contribution in [0.4, 0.5) is 0 Å². The zero-order chi connectivity index (χ0) is 13.9. The largest absolute Gasteiger partial charge is 1.00 e. The maximum absolute atomic E-state index is 5.74. The zero-order valence-electron chi connectivity index (χ0n) is 12.2. The second-order valence-electron chi connectivity index (χ2n) is 5.32. The van der Waals surface area contributed by atoms with E-state index in [9.17, 15) is 0 Å². The molecule has 1 aliphatic heterocycles. The van der Waals surface area contributed by atoms with Crippen LogP contribution in [0.5, 0.6) is 0 Å². The Morgan fingerprint density at radius 2 is 1.76 bits per heavy atom. The van der Waals surface area contributed by atoms with Gasteiger partial charge >= 0.3 is 0 Å². The van der Waals surface area contributed by atoms with Gasteiger partial charge in [0.25, 0.3) is 0 Å². The molecule has 0 aliphatic carbocycles. The van der Waals surface area contributed by atoms with Crippen LogP contribution in [0.1, 0.15) is 19.7 Å². The van der Waals surface area contributed by atoms with Gasteiger partial charge in [-0.25, -0.2) is 0 Å². The van der Waals surface area contributed by atoms with Gasteiger partial charge in [-0.1, -0.05) is 18.2 Å². The van der Waals surface area contributed by atoms with Crippen LogP contribution in [0.25, 0.3) is 11.5 Å². The molecular formula is C15H19ClN3O2-. The van der Waals surface area contributed by atoms with Crippen molar-refractivity contribution in [2.75, 3.05) is 13.1 Å². The lowest BCUT2D eigenvalue weighted by atomic mass is 10.2. The van der Waals surface area contributed by atoms with Crippen LogP contribution in [0.2, 0.25) is 0 Å². The Hall–Kier alpha value is -1.43. The Balaban J connectivity index is 0.00000161. The van der Waals surface area contributed by atoms with Gasteiger partial charge in [0.15, 0.2) is 0 Å². The molecule has 0 saturated carbocycles. The normalized spacial score (nSPS) is 22.8. The Kier molecular flexibility index (Phi) is 5.33. The van der Waals surface area contributed by atoms with E-state index >= 15 is 0 Å². The van der Waals surface area contributed by atoms with Crippen molar-refractivity contribution in [3.05, 3.63) is 36.2 Å². The molecule has 5 nitrogen and oxygen atoms in total. The first-order chi connectivity index (χ1) is 9.70. The van der Waals surface area contributed by atoms with Crippen molar-refractivity contribution >= 4 is 0 Å². The van der Waals surface area contributed by atoms with Crippen molar-refractivity contribution in [2.45, 2.75) is 32.6 Å². The summed E-state index contributed by atoms with van der Waals surface area (Å²) in [6, 6.07) is 9.83. The third kappa shape index (κ3) is 4.03. The van der Waals surface area contributed by atoms with E-state index in [1.165, 1.54) is 0 Å². The summed E-state index contributed by atoms with van der Waals surface area (Å²) in [5, 5.41) is 8.25. The third-order valence-electron chi connectivity index (χ3n) is 3.34. The maximum atomic E-state index is 5.74. The molecule has 2 heterocycles. The third-order valence-corrected chi connectivity index (χ3v) is 3.34. The van der Waals surface area contributed by atoms with Crippen molar-refractivity contribution in [2.24, 2.45) is 0 Å². The fourth-order valence-corrected chi connectivity index (χ4v) is 2.62. The highest BCUT2D eigenvalue weighted by molar-refractivity contribution is 5.51. The standard InChI is InChI=1S/C15H19N3O2.ClH/c1-11-8-18(9-12(2)19-11)10-14-16-17-15(20-14)13-6-4-3-5-7-13;/h3-7,11-12H,8-10H2,1-2H3;1H/p-1. The fourth-order valence-electron chi connectivity index (χ4n) is 2.62. The maximum Gasteiger partial charge on any atom is 0.247 e. The molecule has 2 unspecified atom stereocenters. The molecule has 1 aromatic carbocycles. The molecule has 2 atom stereocenters. The van der Waals surface area contributed by atoms with Gasteiger partial charge in [0.2, 0.25) is 11.8 Å². The summed E-state index contributed by atoms with van der Waals surface area (Å²) < 4.78 is 11.5. The minimum Gasteiger partial charge on any atom is -1.00 e. The fraction of sp³-hybridized carbons (Fsp3) is 0.467. The van der Waals surface area contributed by atoms with Crippen molar-refractivity contribution in [3.8, 4) is 11.5 Å². The summed E-state index contributed by atoms with van der Waals surface area (Å²) in [6.45, 7) is 6.65. The zero-order valence-corrected chi connectivity index (χ0v) is 13.0. The van der Waals surface area contributed by atoms with Crippen LogP contribution in [0.3, 0.4) is 0 Å². The summed E-state index contributed by atoms with van der Waals surface area (Å²) in [7, 11) is 0. The molecule has 114 valence electrons. The molecule has 3 rings (SSSR count). The van der Waals surface area contributed by atoms with Crippen molar-refractivity contribution in [1.82, 2.24) is 15.1 Å². The van der Waals surface area contributed by atoms with E-state index in [-0.39, 0.29) is 24.6 Å². The number of aromatic nitrogens is 2. The monoisotopic (exact) mass is 308 g/mol. The van der Waals surface area contributed by atoms with Crippen LogP contribution in [0.15, 0.2) is 34.7 Å². The van der Waals surface area contributed by atoms with Crippen molar-refractivity contribution in [3.63, 3.8) is 0 Å². The first-order valence-corrected chi connectivity index (χ1v) is 6.96. The Bertz CT molecular complexity index is 551. The lowest BCUT2D eigenvalue weighted by molar-refractivity contribution is -0.0721. The molecule has 0 radical (unpaired) electrons. The smallest absolute Gasteiger partial charge is 0.247 e. The van der Waals surface area contributed by atoms with Gasteiger partial charge in [-0.15, -0.1) is 10.2 Å². The molecule has 0 amide bonds. The molecule has 0 N–H and O–H groups in total. The van der Waals surface area contributed by atoms with Crippen LogP contribution in [-0.4, -0.2) is 40.4 Å². The molecule has 1 aromatic heterocycles. The minimum absolute atomic E-state index is 0. The molecule has 1 fully saturated rings. The highest BCUT2D eigenvalue weighted by Gasteiger charge is 2.23. The number of hydrogen-bond donors (Lipinski definition) is 0. The lowest BCUT2D eigenvalue weighted by Crippen LogP contribution is -3.00. The van der Waals surface area contributed by atoms with E-state index < -0.39 is 0 Å². The van der Waals surface area contributed by atoms with Gasteiger partial charge in [-0.2, -0.15) is 0 Å². The Morgan fingerprint density at radius 3 is 2.43 bits per heavy atom. The highest BCUT2D eigenvalue weighted by atomic mass is 35.5. The Morgan fingerprint density at radius 1 is 1.10 bits per heavy atom. The number of nitrogens with zero attached hydrogens (tertiary/aromatic N) is 3. The Labute approximate surface area is 130 Å². The number of benzene rings is 1. The van der Waals surface area contributed by atoms with E-state index in [0.717, 1.165) is 18.7 Å². The lowest BCUT2D eigenvalue weighted by Gasteiger charge is -2.34. The van der Waals surface area contributed by atoms with Gasteiger partial charge in [0.05, 0.1) is 18.8 Å². The molecule has 1 aliphatic rings. The molecule has 2 aromatic rings. The predicted molar refractivity (Wildman–Crippen MR) is 75.0 cm³/mol. The van der Waals surface area contributed by atoms with Gasteiger partial charge in [-0.3, -0.25) is 4.90 Å². The molecule has 21 heavy (non-hydrogen) atoms. The van der Waals surface area contributed by atoms with Gasteiger partial charge in [0, 0.05) is 18.7 Å². The highest BCUT2D eigenvalue weighted by Crippen LogP contribution is 2.19. The summed E-state index contributed by atoms with van der Waals surface area (Å²) in [4.78, 5) is 2.29. The van der Waals surface area contributed by atoms with E-state index in [1.807, 2.05) is 30.3 Å². The SMILES string of the molecule is CC1CN(Cc2nnc(-c3ccccc3)o2)CC(C)O1.[Cl-]. The summed E-state index contributed by atoms with van der Waals surface area (Å²) in [5.41, 5.74) is 0.954. The van der Waals surface area contributed by atoms with Gasteiger partial charge < -0.3 is 21.6 Å². The van der Waals surface area contributed by atoms with Crippen molar-refractivity contribution < 1.29 is 21.6 Å². The molecule has 0 spiro atoms. The van der Waals surface area contributed by atoms with Crippen molar-refractivity contribution in [1.29, 1.82) is 0 Å². The number of halogens is 1. The summed E-state index contributed by atoms with van der Waals surface area (Å²) in [5.74, 6) is 1.24. The molecule has 0 bridgehead atoms. The first kappa shape index (κ1) is 15.9. The number of ether oxygens (including phenoxy) is 1. The number of morpholine rings is 1. The van der Waals surface area contributed by atoms with Crippen LogP contribution >= 0.6 is 0 Å². The number of hydrogen-bond acceptors (Lipinski definition) is 5. The summed E-state index contributed by atoms with van der Waals surface area (Å²) in [6.07, 6.45) is 0.491. The van der Waals surface area contributed by atoms with Crippen LogP contribution < -0.4 is 12.4 Å². The van der Waals surface area contributed by atoms with E-state index in [4.69, 9.17) is 9.15 Å². The van der Waals surface area contributed by atoms with Crippen LogP contribution in [-0.2, 0) is 11.3 Å². The second-order valence-corrected chi connectivity index (χ2v) is 5.32. The van der Waals surface area contributed by atoms with E-state index in [1.54, 1.807) is 0 Å². The quantitative estimate of drug-likeness (QED) is 0.754. The second kappa shape index (κ2) is 7.02. The van der Waals surface area contributed by atoms with E-state index in [2.05, 4.69) is 28.9 Å². The predicted octanol–water partition coefficient (Wildman–Crippen LogP) is -0.650. The molecule has 1 saturated heterocycles. The van der Waals surface area contributed by atoms with E-state index in [0.29, 0.717) is 18.3 Å². The summed E-state index contributed by atoms with van der Waals surface area (Å²) >= 11 is 0. The van der Waals surface area contributed by atoms with Gasteiger partial charge in [-0.05, 0) is 26.0 Å². The topological polar surface area (TPSA) is 51.4 Å². The van der Waals surface area contributed by atoms with Gasteiger partial charge in [0.1, 0.15) is 0 Å². The molecular weight excluding hydrogens is 290 g/mol. The average molecular weight is 309 g/mol. The number of rotatable bonds is 3. The first-order valence-electron chi connectivity index (χ1n) is 6.96. The van der Waals surface area contributed by atoms with Crippen LogP contribution in [0, 0.1) is 0 Å². The average Bonchev–Trinajstić information content (AvgIpc) is 2.87.